The first-order chi connectivity index (χ1) is 12.8. The molecule has 0 radical (unpaired) electrons. The van der Waals surface area contributed by atoms with Crippen molar-refractivity contribution in [2.24, 2.45) is 0 Å². The number of aryl methyl sites for hydroxylation is 2. The van der Waals surface area contributed by atoms with E-state index in [4.69, 9.17) is 0 Å². The third kappa shape index (κ3) is 4.56. The summed E-state index contributed by atoms with van der Waals surface area (Å²) >= 11 is 1.32. The van der Waals surface area contributed by atoms with Crippen molar-refractivity contribution in [1.82, 2.24) is 24.4 Å². The van der Waals surface area contributed by atoms with Crippen LogP contribution in [0.3, 0.4) is 0 Å². The first-order valence-corrected chi connectivity index (χ1v) is 11.5. The van der Waals surface area contributed by atoms with Crippen molar-refractivity contribution in [2.45, 2.75) is 46.1 Å². The summed E-state index contributed by atoms with van der Waals surface area (Å²) in [5.74, 6) is -0.474. The van der Waals surface area contributed by atoms with Crippen LogP contribution in [-0.2, 0) is 10.0 Å². The van der Waals surface area contributed by atoms with Crippen LogP contribution in [0.4, 0.5) is 0 Å². The molecule has 1 atom stereocenters. The van der Waals surface area contributed by atoms with E-state index in [2.05, 4.69) is 15.4 Å². The van der Waals surface area contributed by atoms with Gasteiger partial charge in [-0.3, -0.25) is 4.79 Å². The Kier molecular flexibility index (Phi) is 5.97. The normalized spacial score (nSPS) is 18.6. The maximum absolute atomic E-state index is 12.5. The predicted octanol–water partition coefficient (Wildman–Crippen LogP) is 1.88. The minimum atomic E-state index is -3.36. The van der Waals surface area contributed by atoms with Gasteiger partial charge in [-0.2, -0.15) is 9.40 Å². The number of rotatable bonds is 6. The highest BCUT2D eigenvalue weighted by molar-refractivity contribution is 7.89. The number of hydrogen-bond donors (Lipinski definition) is 1. The van der Waals surface area contributed by atoms with Crippen LogP contribution in [0.15, 0.2) is 11.4 Å². The Morgan fingerprint density at radius 3 is 2.81 bits per heavy atom. The summed E-state index contributed by atoms with van der Waals surface area (Å²) in [6, 6.07) is 1.97. The molecule has 1 aliphatic rings. The molecule has 1 amide bonds. The molecule has 10 heteroatoms. The van der Waals surface area contributed by atoms with Crippen molar-refractivity contribution in [1.29, 1.82) is 0 Å². The number of aromatic nitrogens is 3. The van der Waals surface area contributed by atoms with E-state index in [-0.39, 0.29) is 29.9 Å². The van der Waals surface area contributed by atoms with E-state index >= 15 is 0 Å². The summed E-state index contributed by atoms with van der Waals surface area (Å²) in [6.07, 6.45) is 2.84. The van der Waals surface area contributed by atoms with Crippen LogP contribution in [0.1, 0.15) is 48.1 Å². The smallest absolute Gasteiger partial charge is 0.270 e. The van der Waals surface area contributed by atoms with Gasteiger partial charge in [-0.25, -0.2) is 18.1 Å². The second kappa shape index (κ2) is 8.07. The number of nitrogens with one attached hydrogen (secondary N) is 1. The fourth-order valence-corrected chi connectivity index (χ4v) is 5.74. The molecule has 148 valence electrons. The molecule has 0 aliphatic carbocycles. The lowest BCUT2D eigenvalue weighted by Crippen LogP contribution is -2.45. The lowest BCUT2D eigenvalue weighted by molar-refractivity contribution is 0.0951. The molecule has 1 fully saturated rings. The summed E-state index contributed by atoms with van der Waals surface area (Å²) in [5.41, 5.74) is 2.09. The Labute approximate surface area is 163 Å². The number of nitrogens with zero attached hydrogens (tertiary/aromatic N) is 4. The maximum atomic E-state index is 12.5. The summed E-state index contributed by atoms with van der Waals surface area (Å²) in [4.78, 5) is 16.6. The van der Waals surface area contributed by atoms with Gasteiger partial charge in [0, 0.05) is 30.2 Å². The quantitative estimate of drug-likeness (QED) is 0.783. The molecule has 0 bridgehead atoms. The van der Waals surface area contributed by atoms with Crippen molar-refractivity contribution in [3.63, 3.8) is 0 Å². The molecule has 8 nitrogen and oxygen atoms in total. The van der Waals surface area contributed by atoms with Crippen molar-refractivity contribution in [3.8, 4) is 5.13 Å². The first-order valence-electron chi connectivity index (χ1n) is 9.05. The van der Waals surface area contributed by atoms with E-state index in [1.807, 2.05) is 26.8 Å². The second-order valence-electron chi connectivity index (χ2n) is 6.88. The summed E-state index contributed by atoms with van der Waals surface area (Å²) in [6.45, 7) is 6.39. The summed E-state index contributed by atoms with van der Waals surface area (Å²) in [5, 5.41) is 9.28. The number of thiazole rings is 1. The zero-order chi connectivity index (χ0) is 19.6. The average Bonchev–Trinajstić information content (AvgIpc) is 3.21. The topological polar surface area (TPSA) is 97.2 Å². The highest BCUT2D eigenvalue weighted by Gasteiger charge is 2.29. The van der Waals surface area contributed by atoms with Crippen molar-refractivity contribution < 1.29 is 13.2 Å². The maximum Gasteiger partial charge on any atom is 0.270 e. The van der Waals surface area contributed by atoms with E-state index in [0.29, 0.717) is 11.7 Å². The molecule has 0 aromatic carbocycles. The largest absolute Gasteiger partial charge is 0.350 e. The second-order valence-corrected chi connectivity index (χ2v) is 9.76. The van der Waals surface area contributed by atoms with Gasteiger partial charge in [0.15, 0.2) is 0 Å². The lowest BCUT2D eigenvalue weighted by Gasteiger charge is -2.32. The molecule has 1 N–H and O–H groups in total. The Bertz CT molecular complexity index is 919. The van der Waals surface area contributed by atoms with Gasteiger partial charge >= 0.3 is 0 Å². The van der Waals surface area contributed by atoms with Crippen molar-refractivity contribution in [3.05, 3.63) is 28.5 Å². The van der Waals surface area contributed by atoms with Gasteiger partial charge in [0.25, 0.3) is 5.91 Å². The van der Waals surface area contributed by atoms with Crippen LogP contribution >= 0.6 is 11.3 Å². The number of carbonyl (C=O) groups excluding carboxylic acids is 1. The fraction of sp³-hybridized carbons (Fsp3) is 0.588. The van der Waals surface area contributed by atoms with Crippen LogP contribution in [0, 0.1) is 13.8 Å². The standard InChI is InChI=1S/C17H25N5O3S2/c1-12-10-14(3)22(20-12)17-19-15(11-26-17)16(23)18-7-9-27(24,25)21-8-5-4-6-13(21)2/h10-11,13H,4-9H2,1-3H3,(H,18,23)/t13-/m0/s1. The molecule has 1 saturated heterocycles. The number of piperidine rings is 1. The number of hydrogen-bond acceptors (Lipinski definition) is 6. The van der Waals surface area contributed by atoms with Crippen LogP contribution in [0.2, 0.25) is 0 Å². The SMILES string of the molecule is Cc1cc(C)n(-c2nc(C(=O)NCCS(=O)(=O)N3CCCC[C@@H]3C)cs2)n1. The number of carbonyl (C=O) groups is 1. The first kappa shape index (κ1) is 20.0. The highest BCUT2D eigenvalue weighted by Crippen LogP contribution is 2.20. The molecule has 2 aromatic rings. The zero-order valence-corrected chi connectivity index (χ0v) is 17.4. The van der Waals surface area contributed by atoms with E-state index < -0.39 is 10.0 Å². The van der Waals surface area contributed by atoms with Crippen molar-refractivity contribution in [2.75, 3.05) is 18.8 Å². The monoisotopic (exact) mass is 411 g/mol. The summed E-state index contributed by atoms with van der Waals surface area (Å²) in [7, 11) is -3.36. The third-order valence-electron chi connectivity index (χ3n) is 4.66. The molecule has 0 unspecified atom stereocenters. The van der Waals surface area contributed by atoms with Gasteiger partial charge < -0.3 is 5.32 Å². The van der Waals surface area contributed by atoms with E-state index in [0.717, 1.165) is 30.7 Å². The number of sulfonamides is 1. The Hall–Kier alpha value is -1.78. The van der Waals surface area contributed by atoms with Gasteiger partial charge in [0.05, 0.1) is 11.4 Å². The highest BCUT2D eigenvalue weighted by atomic mass is 32.2. The molecular formula is C17H25N5O3S2. The molecular weight excluding hydrogens is 386 g/mol. The molecule has 3 rings (SSSR count). The predicted molar refractivity (Wildman–Crippen MR) is 105 cm³/mol. The van der Waals surface area contributed by atoms with Crippen LogP contribution in [-0.4, -0.2) is 58.3 Å². The molecule has 2 aromatic heterocycles. The average molecular weight is 412 g/mol. The van der Waals surface area contributed by atoms with E-state index in [9.17, 15) is 13.2 Å². The molecule has 3 heterocycles. The van der Waals surface area contributed by atoms with Gasteiger partial charge in [0.2, 0.25) is 15.2 Å². The van der Waals surface area contributed by atoms with Gasteiger partial charge in [-0.1, -0.05) is 6.42 Å². The molecule has 27 heavy (non-hydrogen) atoms. The Morgan fingerprint density at radius 2 is 2.15 bits per heavy atom. The Morgan fingerprint density at radius 1 is 1.37 bits per heavy atom. The molecule has 0 saturated carbocycles. The van der Waals surface area contributed by atoms with E-state index in [1.165, 1.54) is 11.3 Å². The molecule has 0 spiro atoms. The minimum absolute atomic E-state index is 0.0290. The number of amides is 1. The van der Waals surface area contributed by atoms with Crippen LogP contribution in [0.5, 0.6) is 0 Å². The molecule has 1 aliphatic heterocycles. The van der Waals surface area contributed by atoms with Crippen LogP contribution < -0.4 is 5.32 Å². The minimum Gasteiger partial charge on any atom is -0.350 e. The van der Waals surface area contributed by atoms with Gasteiger partial charge in [-0.15, -0.1) is 11.3 Å². The fourth-order valence-electron chi connectivity index (χ4n) is 3.27. The summed E-state index contributed by atoms with van der Waals surface area (Å²) < 4.78 is 28.2. The van der Waals surface area contributed by atoms with Crippen molar-refractivity contribution >= 4 is 27.3 Å². The van der Waals surface area contributed by atoms with E-state index in [1.54, 1.807) is 14.4 Å². The van der Waals surface area contributed by atoms with Crippen LogP contribution in [0.25, 0.3) is 5.13 Å². The van der Waals surface area contributed by atoms with Gasteiger partial charge in [0.1, 0.15) is 5.69 Å². The Balaban J connectivity index is 1.58. The third-order valence-corrected chi connectivity index (χ3v) is 7.45. The lowest BCUT2D eigenvalue weighted by atomic mass is 10.1. The van der Waals surface area contributed by atoms with Gasteiger partial charge in [-0.05, 0) is 39.7 Å². The zero-order valence-electron chi connectivity index (χ0n) is 15.8.